The van der Waals surface area contributed by atoms with E-state index in [-0.39, 0.29) is 5.78 Å². The van der Waals surface area contributed by atoms with Crippen LogP contribution in [0.3, 0.4) is 0 Å². The summed E-state index contributed by atoms with van der Waals surface area (Å²) in [6, 6.07) is 38.8. The van der Waals surface area contributed by atoms with Crippen LogP contribution >= 0.6 is 15.9 Å². The summed E-state index contributed by atoms with van der Waals surface area (Å²) >= 11 is 3.56. The number of allylic oxidation sites excluding steroid dienone is 1. The standard InChI is InChI=1S/C32H24BrNO/c1-23-12-14-25(15-13-23)31(35)21-16-27-22-30(24-8-4-2-5-9-24)34(29-19-17-28(33)18-20-29)32(27)26-10-6-3-7-11-26/h2-22H,1H3/b21-16+. The molecule has 5 aromatic rings. The molecule has 0 unspecified atom stereocenters. The van der Waals surface area contributed by atoms with Crippen molar-refractivity contribution in [1.29, 1.82) is 0 Å². The molecule has 0 radical (unpaired) electrons. The Bertz CT molecular complexity index is 1480. The van der Waals surface area contributed by atoms with Gasteiger partial charge in [-0.2, -0.15) is 0 Å². The lowest BCUT2D eigenvalue weighted by Gasteiger charge is -2.15. The van der Waals surface area contributed by atoms with Crippen molar-refractivity contribution in [2.24, 2.45) is 0 Å². The molecular weight excluding hydrogens is 494 g/mol. The first-order valence-electron chi connectivity index (χ1n) is 11.5. The van der Waals surface area contributed by atoms with Crippen LogP contribution in [0.4, 0.5) is 0 Å². The van der Waals surface area contributed by atoms with E-state index >= 15 is 0 Å². The van der Waals surface area contributed by atoms with Gasteiger partial charge in [0, 0.05) is 21.3 Å². The number of hydrogen-bond acceptors (Lipinski definition) is 1. The molecule has 3 heteroatoms. The predicted molar refractivity (Wildman–Crippen MR) is 149 cm³/mol. The molecule has 0 spiro atoms. The van der Waals surface area contributed by atoms with Gasteiger partial charge in [0.05, 0.1) is 11.4 Å². The molecule has 2 nitrogen and oxygen atoms in total. The third-order valence-corrected chi connectivity index (χ3v) is 6.51. The number of ketones is 1. The van der Waals surface area contributed by atoms with E-state index in [0.29, 0.717) is 5.56 Å². The van der Waals surface area contributed by atoms with Crippen molar-refractivity contribution in [2.45, 2.75) is 6.92 Å². The van der Waals surface area contributed by atoms with Crippen LogP contribution in [-0.4, -0.2) is 10.4 Å². The van der Waals surface area contributed by atoms with Gasteiger partial charge in [0.2, 0.25) is 0 Å². The van der Waals surface area contributed by atoms with Crippen molar-refractivity contribution < 1.29 is 4.79 Å². The van der Waals surface area contributed by atoms with Crippen LogP contribution in [0.2, 0.25) is 0 Å². The van der Waals surface area contributed by atoms with Crippen molar-refractivity contribution >= 4 is 27.8 Å². The van der Waals surface area contributed by atoms with Crippen molar-refractivity contribution in [2.75, 3.05) is 0 Å². The number of benzene rings is 4. The fraction of sp³-hybridized carbons (Fsp3) is 0.0312. The molecule has 4 aromatic carbocycles. The Balaban J connectivity index is 1.71. The Morgan fingerprint density at radius 1 is 0.743 bits per heavy atom. The van der Waals surface area contributed by atoms with E-state index in [1.54, 1.807) is 6.08 Å². The number of aromatic nitrogens is 1. The highest BCUT2D eigenvalue weighted by Gasteiger charge is 2.18. The summed E-state index contributed by atoms with van der Waals surface area (Å²) in [4.78, 5) is 12.9. The van der Waals surface area contributed by atoms with Gasteiger partial charge in [-0.1, -0.05) is 106 Å². The topological polar surface area (TPSA) is 22.0 Å². The highest BCUT2D eigenvalue weighted by atomic mass is 79.9. The number of nitrogens with zero attached hydrogens (tertiary/aromatic N) is 1. The zero-order valence-corrected chi connectivity index (χ0v) is 20.9. The van der Waals surface area contributed by atoms with E-state index in [1.807, 2.05) is 73.7 Å². The minimum Gasteiger partial charge on any atom is -0.309 e. The molecule has 1 heterocycles. The number of aryl methyl sites for hydroxylation is 1. The lowest BCUT2D eigenvalue weighted by atomic mass is 10.0. The Labute approximate surface area is 214 Å². The first kappa shape index (κ1) is 22.8. The van der Waals surface area contributed by atoms with E-state index in [1.165, 1.54) is 0 Å². The summed E-state index contributed by atoms with van der Waals surface area (Å²) in [7, 11) is 0. The molecule has 170 valence electrons. The molecule has 0 N–H and O–H groups in total. The lowest BCUT2D eigenvalue weighted by molar-refractivity contribution is 0.104. The molecule has 5 rings (SSSR count). The summed E-state index contributed by atoms with van der Waals surface area (Å²) in [6.07, 6.45) is 3.61. The summed E-state index contributed by atoms with van der Waals surface area (Å²) in [5.41, 5.74) is 8.15. The number of carbonyl (C=O) groups is 1. The molecule has 0 saturated carbocycles. The maximum absolute atomic E-state index is 12.9. The van der Waals surface area contributed by atoms with Crippen molar-refractivity contribution in [1.82, 2.24) is 4.57 Å². The van der Waals surface area contributed by atoms with Crippen LogP contribution in [0.5, 0.6) is 0 Å². The largest absolute Gasteiger partial charge is 0.309 e. The van der Waals surface area contributed by atoms with E-state index in [4.69, 9.17) is 0 Å². The maximum Gasteiger partial charge on any atom is 0.185 e. The van der Waals surface area contributed by atoms with Crippen LogP contribution in [0, 0.1) is 6.92 Å². The van der Waals surface area contributed by atoms with Gasteiger partial charge < -0.3 is 4.57 Å². The molecule has 0 saturated heterocycles. The van der Waals surface area contributed by atoms with Gasteiger partial charge in [0.15, 0.2) is 5.78 Å². The van der Waals surface area contributed by atoms with Gasteiger partial charge in [0.1, 0.15) is 0 Å². The fourth-order valence-corrected chi connectivity index (χ4v) is 4.47. The van der Waals surface area contributed by atoms with Crippen LogP contribution in [0.15, 0.2) is 126 Å². The van der Waals surface area contributed by atoms with E-state index in [0.717, 1.165) is 43.8 Å². The molecule has 0 fully saturated rings. The Morgan fingerprint density at radius 2 is 1.34 bits per heavy atom. The van der Waals surface area contributed by atoms with Crippen molar-refractivity contribution in [3.63, 3.8) is 0 Å². The summed E-state index contributed by atoms with van der Waals surface area (Å²) in [6.45, 7) is 2.02. The van der Waals surface area contributed by atoms with E-state index < -0.39 is 0 Å². The normalized spacial score (nSPS) is 11.1. The number of carbonyl (C=O) groups excluding carboxylic acids is 1. The average Bonchev–Trinajstić information content (AvgIpc) is 3.28. The van der Waals surface area contributed by atoms with Crippen LogP contribution < -0.4 is 0 Å². The predicted octanol–water partition coefficient (Wildman–Crippen LogP) is 8.78. The Kier molecular flexibility index (Phi) is 6.60. The van der Waals surface area contributed by atoms with Gasteiger partial charge in [0.25, 0.3) is 0 Å². The van der Waals surface area contributed by atoms with Crippen LogP contribution in [0.25, 0.3) is 34.3 Å². The number of hydrogen-bond donors (Lipinski definition) is 0. The lowest BCUT2D eigenvalue weighted by Crippen LogP contribution is -2.00. The molecule has 0 atom stereocenters. The zero-order valence-electron chi connectivity index (χ0n) is 19.4. The van der Waals surface area contributed by atoms with Crippen LogP contribution in [0.1, 0.15) is 21.5 Å². The second-order valence-corrected chi connectivity index (χ2v) is 9.36. The second-order valence-electron chi connectivity index (χ2n) is 8.44. The maximum atomic E-state index is 12.9. The van der Waals surface area contributed by atoms with Crippen molar-refractivity contribution in [3.05, 3.63) is 143 Å². The molecule has 0 aliphatic heterocycles. The summed E-state index contributed by atoms with van der Waals surface area (Å²) in [5, 5.41) is 0. The third kappa shape index (κ3) is 4.96. The smallest absolute Gasteiger partial charge is 0.185 e. The van der Waals surface area contributed by atoms with Gasteiger partial charge in [-0.15, -0.1) is 0 Å². The zero-order chi connectivity index (χ0) is 24.2. The van der Waals surface area contributed by atoms with Gasteiger partial charge in [-0.05, 0) is 60.5 Å². The molecule has 0 aliphatic carbocycles. The molecule has 35 heavy (non-hydrogen) atoms. The monoisotopic (exact) mass is 517 g/mol. The molecule has 1 aromatic heterocycles. The molecule has 0 bridgehead atoms. The quantitative estimate of drug-likeness (QED) is 0.163. The molecule has 0 aliphatic rings. The molecule has 0 amide bonds. The average molecular weight is 518 g/mol. The summed E-state index contributed by atoms with van der Waals surface area (Å²) in [5.74, 6) is -0.0123. The minimum absolute atomic E-state index is 0.0123. The minimum atomic E-state index is -0.0123. The van der Waals surface area contributed by atoms with E-state index in [9.17, 15) is 4.79 Å². The third-order valence-electron chi connectivity index (χ3n) is 5.98. The summed E-state index contributed by atoms with van der Waals surface area (Å²) < 4.78 is 3.30. The first-order valence-corrected chi connectivity index (χ1v) is 12.3. The Hall–Kier alpha value is -3.95. The van der Waals surface area contributed by atoms with Crippen molar-refractivity contribution in [3.8, 4) is 28.2 Å². The fourth-order valence-electron chi connectivity index (χ4n) is 4.21. The SMILES string of the molecule is Cc1ccc(C(=O)/C=C/c2cc(-c3ccccc3)n(-c3ccc(Br)cc3)c2-c2ccccc2)cc1. The van der Waals surface area contributed by atoms with Gasteiger partial charge >= 0.3 is 0 Å². The van der Waals surface area contributed by atoms with Gasteiger partial charge in [-0.25, -0.2) is 0 Å². The highest BCUT2D eigenvalue weighted by molar-refractivity contribution is 9.10. The molecular formula is C32H24BrNO. The first-order chi connectivity index (χ1) is 17.1. The highest BCUT2D eigenvalue weighted by Crippen LogP contribution is 2.37. The Morgan fingerprint density at radius 3 is 1.97 bits per heavy atom. The number of rotatable bonds is 6. The number of halogens is 1. The van der Waals surface area contributed by atoms with Gasteiger partial charge in [-0.3, -0.25) is 4.79 Å². The second kappa shape index (κ2) is 10.1. The van der Waals surface area contributed by atoms with Crippen LogP contribution in [-0.2, 0) is 0 Å². The van der Waals surface area contributed by atoms with E-state index in [2.05, 4.69) is 75.1 Å².